The van der Waals surface area contributed by atoms with Gasteiger partial charge in [0.25, 0.3) is 0 Å². The van der Waals surface area contributed by atoms with E-state index in [1.165, 1.54) is 5.69 Å². The molecule has 18 heavy (non-hydrogen) atoms. The number of halogens is 1. The molecule has 1 heterocycles. The van der Waals surface area contributed by atoms with E-state index in [1.807, 2.05) is 0 Å². The van der Waals surface area contributed by atoms with Crippen molar-refractivity contribution in [2.75, 3.05) is 18.0 Å². The number of nitriles is 1. The summed E-state index contributed by atoms with van der Waals surface area (Å²) in [6.45, 7) is 6.23. The number of hydrogen-bond acceptors (Lipinski definition) is 3. The topological polar surface area (TPSA) is 39.1 Å². The zero-order valence-electron chi connectivity index (χ0n) is 10.8. The molecule has 1 aromatic carbocycles. The first-order chi connectivity index (χ1) is 8.53. The van der Waals surface area contributed by atoms with Crippen molar-refractivity contribution in [2.45, 2.75) is 31.8 Å². The molecule has 1 N–H and O–H groups in total. The van der Waals surface area contributed by atoms with Gasteiger partial charge < -0.3 is 10.2 Å². The predicted octanol–water partition coefficient (Wildman–Crippen LogP) is 2.92. The van der Waals surface area contributed by atoms with Gasteiger partial charge in [0, 0.05) is 34.8 Å². The monoisotopic (exact) mass is 307 g/mol. The lowest BCUT2D eigenvalue weighted by molar-refractivity contribution is 0.325. The SMILES string of the molecule is CC1(C)CNC(CC#N)CN1c1ccc(Br)cc1. The van der Waals surface area contributed by atoms with Gasteiger partial charge in [-0.25, -0.2) is 0 Å². The summed E-state index contributed by atoms with van der Waals surface area (Å²) >= 11 is 3.46. The molecule has 4 heteroatoms. The molecule has 3 nitrogen and oxygen atoms in total. The molecule has 0 aliphatic carbocycles. The van der Waals surface area contributed by atoms with Gasteiger partial charge in [-0.15, -0.1) is 0 Å². The normalized spacial score (nSPS) is 22.6. The lowest BCUT2D eigenvalue weighted by Gasteiger charge is -2.47. The molecule has 0 saturated carbocycles. The molecule has 1 saturated heterocycles. The molecular formula is C14H18BrN3. The van der Waals surface area contributed by atoms with E-state index in [2.05, 4.69) is 70.3 Å². The van der Waals surface area contributed by atoms with Crippen molar-refractivity contribution in [3.63, 3.8) is 0 Å². The molecular weight excluding hydrogens is 290 g/mol. The van der Waals surface area contributed by atoms with Crippen LogP contribution in [0.4, 0.5) is 5.69 Å². The summed E-state index contributed by atoms with van der Waals surface area (Å²) in [7, 11) is 0. The quantitative estimate of drug-likeness (QED) is 0.913. The molecule has 1 aliphatic heterocycles. The Hall–Kier alpha value is -1.05. The highest BCUT2D eigenvalue weighted by Crippen LogP contribution is 2.28. The summed E-state index contributed by atoms with van der Waals surface area (Å²) < 4.78 is 1.09. The van der Waals surface area contributed by atoms with Crippen molar-refractivity contribution in [3.05, 3.63) is 28.7 Å². The molecule has 0 aromatic heterocycles. The lowest BCUT2D eigenvalue weighted by Crippen LogP contribution is -2.62. The Kier molecular flexibility index (Phi) is 3.94. The molecule has 0 radical (unpaired) electrons. The van der Waals surface area contributed by atoms with E-state index in [0.29, 0.717) is 6.42 Å². The van der Waals surface area contributed by atoms with Gasteiger partial charge in [-0.3, -0.25) is 0 Å². The van der Waals surface area contributed by atoms with Crippen molar-refractivity contribution in [2.24, 2.45) is 0 Å². The Morgan fingerprint density at radius 1 is 1.44 bits per heavy atom. The highest BCUT2D eigenvalue weighted by Gasteiger charge is 2.33. The van der Waals surface area contributed by atoms with Crippen molar-refractivity contribution in [1.29, 1.82) is 5.26 Å². The van der Waals surface area contributed by atoms with Gasteiger partial charge in [0.2, 0.25) is 0 Å². The number of rotatable bonds is 2. The second-order valence-corrected chi connectivity index (χ2v) is 6.26. The van der Waals surface area contributed by atoms with E-state index < -0.39 is 0 Å². The zero-order valence-corrected chi connectivity index (χ0v) is 12.4. The average molecular weight is 308 g/mol. The predicted molar refractivity (Wildman–Crippen MR) is 77.6 cm³/mol. The first-order valence-corrected chi connectivity index (χ1v) is 6.96. The number of nitrogens with one attached hydrogen (secondary N) is 1. The largest absolute Gasteiger partial charge is 0.364 e. The second kappa shape index (κ2) is 5.29. The van der Waals surface area contributed by atoms with Crippen LogP contribution in [0.15, 0.2) is 28.7 Å². The van der Waals surface area contributed by atoms with E-state index in [4.69, 9.17) is 5.26 Å². The standard InChI is InChI=1S/C14H18BrN3/c1-14(2)10-17-12(7-8-16)9-18(14)13-5-3-11(15)4-6-13/h3-6,12,17H,7,9-10H2,1-2H3. The van der Waals surface area contributed by atoms with Gasteiger partial charge in [0.05, 0.1) is 12.5 Å². The minimum Gasteiger partial charge on any atom is -0.364 e. The number of piperazine rings is 1. The van der Waals surface area contributed by atoms with E-state index in [9.17, 15) is 0 Å². The molecule has 1 unspecified atom stereocenters. The number of anilines is 1. The maximum absolute atomic E-state index is 8.83. The Labute approximate surface area is 117 Å². The molecule has 0 amide bonds. The van der Waals surface area contributed by atoms with Crippen LogP contribution in [0, 0.1) is 11.3 Å². The van der Waals surface area contributed by atoms with Gasteiger partial charge in [0.1, 0.15) is 0 Å². The van der Waals surface area contributed by atoms with Crippen LogP contribution in [0.2, 0.25) is 0 Å². The van der Waals surface area contributed by atoms with Gasteiger partial charge in [-0.1, -0.05) is 15.9 Å². The van der Waals surface area contributed by atoms with Gasteiger partial charge in [-0.2, -0.15) is 5.26 Å². The molecule has 1 fully saturated rings. The van der Waals surface area contributed by atoms with Crippen LogP contribution in [-0.2, 0) is 0 Å². The fraction of sp³-hybridized carbons (Fsp3) is 0.500. The maximum Gasteiger partial charge on any atom is 0.0638 e. The van der Waals surface area contributed by atoms with Crippen LogP contribution in [-0.4, -0.2) is 24.7 Å². The Balaban J connectivity index is 2.22. The molecule has 96 valence electrons. The van der Waals surface area contributed by atoms with Crippen LogP contribution < -0.4 is 10.2 Å². The van der Waals surface area contributed by atoms with Crippen molar-refractivity contribution >= 4 is 21.6 Å². The summed E-state index contributed by atoms with van der Waals surface area (Å²) in [5.74, 6) is 0. The summed E-state index contributed by atoms with van der Waals surface area (Å²) in [6, 6.07) is 10.9. The summed E-state index contributed by atoms with van der Waals surface area (Å²) in [6.07, 6.45) is 0.559. The molecule has 0 spiro atoms. The second-order valence-electron chi connectivity index (χ2n) is 5.34. The van der Waals surface area contributed by atoms with E-state index >= 15 is 0 Å². The zero-order chi connectivity index (χ0) is 13.2. The third-order valence-corrected chi connectivity index (χ3v) is 3.96. The molecule has 0 bridgehead atoms. The van der Waals surface area contributed by atoms with E-state index in [1.54, 1.807) is 0 Å². The first-order valence-electron chi connectivity index (χ1n) is 6.16. The molecule has 1 aromatic rings. The average Bonchev–Trinajstić information content (AvgIpc) is 2.33. The molecule has 1 atom stereocenters. The number of nitrogens with zero attached hydrogens (tertiary/aromatic N) is 2. The first kappa shape index (κ1) is 13.4. The lowest BCUT2D eigenvalue weighted by atomic mass is 9.95. The van der Waals surface area contributed by atoms with Crippen molar-refractivity contribution < 1.29 is 0 Å². The molecule has 2 rings (SSSR count). The Bertz CT molecular complexity index is 447. The Morgan fingerprint density at radius 2 is 2.11 bits per heavy atom. The molecule has 1 aliphatic rings. The summed E-state index contributed by atoms with van der Waals surface area (Å²) in [4.78, 5) is 2.39. The minimum absolute atomic E-state index is 0.0692. The van der Waals surface area contributed by atoms with Crippen molar-refractivity contribution in [1.82, 2.24) is 5.32 Å². The third-order valence-electron chi connectivity index (χ3n) is 3.43. The number of benzene rings is 1. The fourth-order valence-electron chi connectivity index (χ4n) is 2.34. The van der Waals surface area contributed by atoms with Gasteiger partial charge >= 0.3 is 0 Å². The van der Waals surface area contributed by atoms with E-state index in [-0.39, 0.29) is 11.6 Å². The van der Waals surface area contributed by atoms with Crippen LogP contribution in [0.5, 0.6) is 0 Å². The summed E-state index contributed by atoms with van der Waals surface area (Å²) in [5, 5.41) is 12.3. The number of hydrogen-bond donors (Lipinski definition) is 1. The third kappa shape index (κ3) is 2.85. The summed E-state index contributed by atoms with van der Waals surface area (Å²) in [5.41, 5.74) is 1.28. The van der Waals surface area contributed by atoms with Crippen LogP contribution in [0.3, 0.4) is 0 Å². The highest BCUT2D eigenvalue weighted by molar-refractivity contribution is 9.10. The fourth-order valence-corrected chi connectivity index (χ4v) is 2.61. The van der Waals surface area contributed by atoms with Crippen LogP contribution in [0.25, 0.3) is 0 Å². The maximum atomic E-state index is 8.83. The smallest absolute Gasteiger partial charge is 0.0638 e. The van der Waals surface area contributed by atoms with E-state index in [0.717, 1.165) is 17.6 Å². The van der Waals surface area contributed by atoms with Gasteiger partial charge in [-0.05, 0) is 38.1 Å². The van der Waals surface area contributed by atoms with Crippen LogP contribution in [0.1, 0.15) is 20.3 Å². The highest BCUT2D eigenvalue weighted by atomic mass is 79.9. The Morgan fingerprint density at radius 3 is 2.72 bits per heavy atom. The van der Waals surface area contributed by atoms with Crippen molar-refractivity contribution in [3.8, 4) is 6.07 Å². The minimum atomic E-state index is 0.0692. The van der Waals surface area contributed by atoms with Crippen LogP contribution >= 0.6 is 15.9 Å². The van der Waals surface area contributed by atoms with Gasteiger partial charge in [0.15, 0.2) is 0 Å².